The molecule has 0 spiro atoms. The van der Waals surface area contributed by atoms with Gasteiger partial charge in [-0.15, -0.1) is 0 Å². The molecule has 1 fully saturated rings. The van der Waals surface area contributed by atoms with E-state index in [9.17, 15) is 9.18 Å². The maximum atomic E-state index is 12.8. The Morgan fingerprint density at radius 3 is 2.92 bits per heavy atom. The average Bonchev–Trinajstić information content (AvgIpc) is 2.08. The lowest BCUT2D eigenvalue weighted by Gasteiger charge is -2.31. The van der Waals surface area contributed by atoms with Crippen LogP contribution in [0.4, 0.5) is 9.18 Å². The van der Waals surface area contributed by atoms with Crippen LogP contribution in [-0.4, -0.2) is 43.4 Å². The molecule has 0 aromatic heterocycles. The van der Waals surface area contributed by atoms with Gasteiger partial charge < -0.3 is 15.4 Å². The minimum atomic E-state index is -0.995. The second-order valence-corrected chi connectivity index (χ2v) is 2.88. The summed E-state index contributed by atoms with van der Waals surface area (Å²) in [6.45, 7) is 0.634. The number of piperidine rings is 1. The molecule has 0 bridgehead atoms. The molecule has 1 saturated heterocycles. The molecule has 1 rings (SSSR count). The molecule has 4 nitrogen and oxygen atoms in total. The van der Waals surface area contributed by atoms with Gasteiger partial charge in [-0.2, -0.15) is 0 Å². The Bertz CT molecular complexity index is 177. The van der Waals surface area contributed by atoms with Crippen LogP contribution in [0.5, 0.6) is 0 Å². The van der Waals surface area contributed by atoms with E-state index in [0.717, 1.165) is 0 Å². The zero-order chi connectivity index (χ0) is 9.14. The van der Waals surface area contributed by atoms with E-state index in [4.69, 9.17) is 5.73 Å². The summed E-state index contributed by atoms with van der Waals surface area (Å²) in [6, 6.07) is -0.571. The average molecular weight is 176 g/mol. The number of amides is 1. The van der Waals surface area contributed by atoms with Crippen molar-refractivity contribution in [1.29, 1.82) is 0 Å². The molecule has 1 heterocycles. The molecule has 12 heavy (non-hydrogen) atoms. The highest BCUT2D eigenvalue weighted by Gasteiger charge is 2.29. The Morgan fingerprint density at radius 2 is 2.42 bits per heavy atom. The van der Waals surface area contributed by atoms with Crippen LogP contribution in [0.15, 0.2) is 0 Å². The summed E-state index contributed by atoms with van der Waals surface area (Å²) >= 11 is 0. The molecular weight excluding hydrogens is 163 g/mol. The lowest BCUT2D eigenvalue weighted by Crippen LogP contribution is -2.51. The van der Waals surface area contributed by atoms with Gasteiger partial charge in [-0.1, -0.05) is 0 Å². The Balaban J connectivity index is 2.45. The molecule has 0 radical (unpaired) electrons. The number of halogens is 1. The van der Waals surface area contributed by atoms with E-state index in [1.807, 2.05) is 0 Å². The van der Waals surface area contributed by atoms with E-state index >= 15 is 0 Å². The van der Waals surface area contributed by atoms with Gasteiger partial charge in [-0.25, -0.2) is 9.18 Å². The van der Waals surface area contributed by atoms with Crippen molar-refractivity contribution in [3.63, 3.8) is 0 Å². The number of nitrogens with two attached hydrogens (primary N) is 1. The molecular formula is C7H13FN2O2. The lowest BCUT2D eigenvalue weighted by atomic mass is 10.1. The topological polar surface area (TPSA) is 55.6 Å². The quantitative estimate of drug-likeness (QED) is 0.570. The molecule has 0 aliphatic carbocycles. The van der Waals surface area contributed by atoms with Crippen molar-refractivity contribution < 1.29 is 13.9 Å². The molecule has 1 aliphatic rings. The molecule has 2 N–H and O–H groups in total. The van der Waals surface area contributed by atoms with E-state index in [0.29, 0.717) is 13.0 Å². The zero-order valence-corrected chi connectivity index (χ0v) is 7.00. The van der Waals surface area contributed by atoms with E-state index in [1.165, 1.54) is 12.0 Å². The maximum Gasteiger partial charge on any atom is 0.409 e. The number of nitrogens with zero attached hydrogens (tertiary/aromatic N) is 1. The van der Waals surface area contributed by atoms with Crippen LogP contribution in [0, 0.1) is 0 Å². The number of carbonyl (C=O) groups is 1. The fraction of sp³-hybridized carbons (Fsp3) is 0.857. The van der Waals surface area contributed by atoms with Crippen LogP contribution >= 0.6 is 0 Å². The highest BCUT2D eigenvalue weighted by molar-refractivity contribution is 5.67. The number of rotatable bonds is 0. The Morgan fingerprint density at radius 1 is 1.75 bits per heavy atom. The summed E-state index contributed by atoms with van der Waals surface area (Å²) in [5.41, 5.74) is 5.44. The van der Waals surface area contributed by atoms with Gasteiger partial charge in [-0.3, -0.25) is 0 Å². The number of hydrogen-bond acceptors (Lipinski definition) is 3. The smallest absolute Gasteiger partial charge is 0.409 e. The van der Waals surface area contributed by atoms with Crippen molar-refractivity contribution in [1.82, 2.24) is 4.90 Å². The van der Waals surface area contributed by atoms with Crippen LogP contribution < -0.4 is 5.73 Å². The van der Waals surface area contributed by atoms with Crippen LogP contribution in [-0.2, 0) is 4.74 Å². The Labute approximate surface area is 70.5 Å². The van der Waals surface area contributed by atoms with E-state index in [2.05, 4.69) is 4.74 Å². The first-order valence-electron chi connectivity index (χ1n) is 3.87. The Hall–Kier alpha value is -0.840. The summed E-state index contributed by atoms with van der Waals surface area (Å²) in [5.74, 6) is 0. The molecule has 1 aliphatic heterocycles. The van der Waals surface area contributed by atoms with Gasteiger partial charge in [0.1, 0.15) is 6.17 Å². The van der Waals surface area contributed by atoms with Gasteiger partial charge in [0, 0.05) is 13.1 Å². The van der Waals surface area contributed by atoms with Gasteiger partial charge in [0.15, 0.2) is 0 Å². The van der Waals surface area contributed by atoms with Crippen molar-refractivity contribution in [3.8, 4) is 0 Å². The van der Waals surface area contributed by atoms with Gasteiger partial charge in [0.25, 0.3) is 0 Å². The number of alkyl halides is 1. The summed E-state index contributed by atoms with van der Waals surface area (Å²) in [7, 11) is 1.30. The van der Waals surface area contributed by atoms with Gasteiger partial charge in [-0.05, 0) is 6.42 Å². The number of likely N-dealkylation sites (tertiary alicyclic amines) is 1. The minimum Gasteiger partial charge on any atom is -0.453 e. The van der Waals surface area contributed by atoms with Gasteiger partial charge >= 0.3 is 6.09 Å². The van der Waals surface area contributed by atoms with Crippen molar-refractivity contribution in [2.45, 2.75) is 18.6 Å². The first-order chi connectivity index (χ1) is 5.65. The highest BCUT2D eigenvalue weighted by Crippen LogP contribution is 2.12. The normalized spacial score (nSPS) is 30.1. The number of ether oxygens (including phenoxy) is 1. The summed E-state index contributed by atoms with van der Waals surface area (Å²) in [5, 5.41) is 0. The fourth-order valence-electron chi connectivity index (χ4n) is 1.25. The molecule has 0 aromatic carbocycles. The number of carbonyl (C=O) groups excluding carboxylic acids is 1. The third-order valence-corrected chi connectivity index (χ3v) is 2.00. The largest absolute Gasteiger partial charge is 0.453 e. The first kappa shape index (κ1) is 9.25. The minimum absolute atomic E-state index is 0.244. The predicted molar refractivity (Wildman–Crippen MR) is 41.5 cm³/mol. The molecule has 0 saturated carbocycles. The summed E-state index contributed by atoms with van der Waals surface area (Å²) in [4.78, 5) is 12.4. The van der Waals surface area contributed by atoms with Crippen LogP contribution in [0.2, 0.25) is 0 Å². The molecule has 2 unspecified atom stereocenters. The third kappa shape index (κ3) is 1.85. The third-order valence-electron chi connectivity index (χ3n) is 2.00. The van der Waals surface area contributed by atoms with Crippen molar-refractivity contribution in [3.05, 3.63) is 0 Å². The molecule has 70 valence electrons. The summed E-state index contributed by atoms with van der Waals surface area (Å²) < 4.78 is 17.3. The van der Waals surface area contributed by atoms with Crippen LogP contribution in [0.3, 0.4) is 0 Å². The van der Waals surface area contributed by atoms with Crippen molar-refractivity contribution in [2.75, 3.05) is 20.2 Å². The highest BCUT2D eigenvalue weighted by atomic mass is 19.1. The van der Waals surface area contributed by atoms with Crippen LogP contribution in [0.1, 0.15) is 6.42 Å². The van der Waals surface area contributed by atoms with Gasteiger partial charge in [0.2, 0.25) is 0 Å². The second kappa shape index (κ2) is 3.71. The monoisotopic (exact) mass is 176 g/mol. The second-order valence-electron chi connectivity index (χ2n) is 2.88. The Kier molecular flexibility index (Phi) is 2.86. The first-order valence-corrected chi connectivity index (χ1v) is 3.87. The van der Waals surface area contributed by atoms with E-state index < -0.39 is 18.3 Å². The zero-order valence-electron chi connectivity index (χ0n) is 7.00. The van der Waals surface area contributed by atoms with E-state index in [-0.39, 0.29) is 6.54 Å². The van der Waals surface area contributed by atoms with Crippen molar-refractivity contribution >= 4 is 6.09 Å². The number of hydrogen-bond donors (Lipinski definition) is 1. The maximum absolute atomic E-state index is 12.8. The summed E-state index contributed by atoms with van der Waals surface area (Å²) in [6.07, 6.45) is -1.13. The standard InChI is InChI=1S/C7H13FN2O2/c1-12-7(11)10-3-2-5(8)6(9)4-10/h5-6H,2-4,9H2,1H3. The van der Waals surface area contributed by atoms with Crippen molar-refractivity contribution in [2.24, 2.45) is 5.73 Å². The predicted octanol–water partition coefficient (Wildman–Crippen LogP) is 0.124. The molecule has 2 atom stereocenters. The SMILES string of the molecule is COC(=O)N1CCC(F)C(N)C1. The lowest BCUT2D eigenvalue weighted by molar-refractivity contribution is 0.0893. The molecule has 1 amide bonds. The molecule has 0 aromatic rings. The molecule has 5 heteroatoms. The fourth-order valence-corrected chi connectivity index (χ4v) is 1.25. The van der Waals surface area contributed by atoms with Crippen LogP contribution in [0.25, 0.3) is 0 Å². The number of methoxy groups -OCH3 is 1. The van der Waals surface area contributed by atoms with Gasteiger partial charge in [0.05, 0.1) is 13.2 Å². The van der Waals surface area contributed by atoms with E-state index in [1.54, 1.807) is 0 Å².